The van der Waals surface area contributed by atoms with Gasteiger partial charge < -0.3 is 14.6 Å². The van der Waals surface area contributed by atoms with Crippen molar-refractivity contribution in [2.24, 2.45) is 0 Å². The highest BCUT2D eigenvalue weighted by atomic mass is 32.2. The normalized spacial score (nSPS) is 23.6. The minimum Gasteiger partial charge on any atom is -0.468 e. The maximum Gasteiger partial charge on any atom is 0.328 e. The molecule has 0 saturated carbocycles. The number of carbonyl (C=O) groups excluding carboxylic acids is 2. The molecule has 0 radical (unpaired) electrons. The summed E-state index contributed by atoms with van der Waals surface area (Å²) in [5.41, 5.74) is 0. The fourth-order valence-corrected chi connectivity index (χ4v) is 3.67. The van der Waals surface area contributed by atoms with E-state index in [1.54, 1.807) is 22.9 Å². The molecular formula is C13H17N3O3S. The quantitative estimate of drug-likeness (QED) is 0.859. The minimum atomic E-state index is -0.283. The number of nitrogens with one attached hydrogen (secondary N) is 1. The van der Waals surface area contributed by atoms with Crippen molar-refractivity contribution in [3.63, 3.8) is 0 Å². The lowest BCUT2D eigenvalue weighted by atomic mass is 10.2. The summed E-state index contributed by atoms with van der Waals surface area (Å²) in [5.74, 6) is 1.82. The lowest BCUT2D eigenvalue weighted by Gasteiger charge is -2.24. The molecule has 0 aromatic carbocycles. The standard InChI is InChI=1S/C13H17N3O3S/c17-12-14-4-6-16(12)13(18)15-5-3-11(20-9-7-15)10-2-1-8-19-10/h1-2,8,11H,3-7,9H2,(H,14,17). The van der Waals surface area contributed by atoms with Gasteiger partial charge in [0.2, 0.25) is 0 Å². The first-order valence-corrected chi connectivity index (χ1v) is 7.80. The molecule has 2 aliphatic heterocycles. The Kier molecular flexibility index (Phi) is 3.86. The third-order valence-electron chi connectivity index (χ3n) is 3.56. The van der Waals surface area contributed by atoms with Gasteiger partial charge in [-0.3, -0.25) is 0 Å². The lowest BCUT2D eigenvalue weighted by Crippen LogP contribution is -2.45. The second-order valence-corrected chi connectivity index (χ2v) is 6.13. The van der Waals surface area contributed by atoms with E-state index in [2.05, 4.69) is 5.32 Å². The molecule has 3 rings (SSSR count). The Morgan fingerprint density at radius 2 is 2.30 bits per heavy atom. The molecule has 1 aromatic heterocycles. The molecule has 2 aliphatic rings. The van der Waals surface area contributed by atoms with Crippen molar-refractivity contribution in [1.29, 1.82) is 0 Å². The van der Waals surface area contributed by atoms with Crippen LogP contribution in [0.1, 0.15) is 17.4 Å². The molecule has 1 N–H and O–H groups in total. The largest absolute Gasteiger partial charge is 0.468 e. The Bertz CT molecular complexity index is 491. The number of imide groups is 1. The van der Waals surface area contributed by atoms with Crippen LogP contribution in [-0.2, 0) is 0 Å². The van der Waals surface area contributed by atoms with Gasteiger partial charge in [-0.25, -0.2) is 14.5 Å². The van der Waals surface area contributed by atoms with E-state index in [0.717, 1.165) is 17.9 Å². The highest BCUT2D eigenvalue weighted by molar-refractivity contribution is 7.99. The maximum absolute atomic E-state index is 12.3. The molecule has 3 heterocycles. The Morgan fingerprint density at radius 3 is 3.00 bits per heavy atom. The topological polar surface area (TPSA) is 65.8 Å². The second kappa shape index (κ2) is 5.78. The smallest absolute Gasteiger partial charge is 0.328 e. The number of nitrogens with zero attached hydrogens (tertiary/aromatic N) is 2. The van der Waals surface area contributed by atoms with Gasteiger partial charge in [-0.2, -0.15) is 0 Å². The first-order chi connectivity index (χ1) is 9.75. The molecule has 1 unspecified atom stereocenters. The SMILES string of the molecule is O=C1NCCN1C(=O)N1CCSC(c2ccco2)CC1. The van der Waals surface area contributed by atoms with Gasteiger partial charge in [0, 0.05) is 31.9 Å². The molecule has 108 valence electrons. The van der Waals surface area contributed by atoms with Crippen LogP contribution in [-0.4, -0.2) is 53.8 Å². The van der Waals surface area contributed by atoms with Gasteiger partial charge in [0.15, 0.2) is 0 Å². The molecule has 1 atom stereocenters. The molecule has 0 spiro atoms. The number of amides is 4. The van der Waals surface area contributed by atoms with E-state index >= 15 is 0 Å². The minimum absolute atomic E-state index is 0.180. The van der Waals surface area contributed by atoms with Crippen LogP contribution >= 0.6 is 11.8 Å². The monoisotopic (exact) mass is 295 g/mol. The first-order valence-electron chi connectivity index (χ1n) is 6.75. The third-order valence-corrected chi connectivity index (χ3v) is 4.85. The second-order valence-electron chi connectivity index (χ2n) is 4.82. The van der Waals surface area contributed by atoms with Crippen molar-refractivity contribution in [2.75, 3.05) is 31.9 Å². The van der Waals surface area contributed by atoms with Crippen LogP contribution in [0.25, 0.3) is 0 Å². The molecule has 1 aromatic rings. The Balaban J connectivity index is 1.62. The van der Waals surface area contributed by atoms with Crippen LogP contribution in [0.15, 0.2) is 22.8 Å². The average molecular weight is 295 g/mol. The molecular weight excluding hydrogens is 278 g/mol. The summed E-state index contributed by atoms with van der Waals surface area (Å²) >= 11 is 1.80. The van der Waals surface area contributed by atoms with Gasteiger partial charge >= 0.3 is 12.1 Å². The van der Waals surface area contributed by atoms with Crippen LogP contribution in [0, 0.1) is 0 Å². The van der Waals surface area contributed by atoms with E-state index < -0.39 is 0 Å². The summed E-state index contributed by atoms with van der Waals surface area (Å²) in [4.78, 5) is 26.9. The predicted octanol–water partition coefficient (Wildman–Crippen LogP) is 1.90. The van der Waals surface area contributed by atoms with Crippen molar-refractivity contribution in [1.82, 2.24) is 15.1 Å². The molecule has 6 nitrogen and oxygen atoms in total. The van der Waals surface area contributed by atoms with Gasteiger partial charge in [-0.15, -0.1) is 11.8 Å². The summed E-state index contributed by atoms with van der Waals surface area (Å²) in [5, 5.41) is 2.94. The summed E-state index contributed by atoms with van der Waals surface area (Å²) in [6, 6.07) is 3.40. The number of carbonyl (C=O) groups is 2. The molecule has 2 saturated heterocycles. The van der Waals surface area contributed by atoms with E-state index in [1.807, 2.05) is 12.1 Å². The van der Waals surface area contributed by atoms with Gasteiger partial charge in [0.25, 0.3) is 0 Å². The Hall–Kier alpha value is -1.63. The molecule has 4 amide bonds. The predicted molar refractivity (Wildman–Crippen MR) is 75.6 cm³/mol. The van der Waals surface area contributed by atoms with Crippen molar-refractivity contribution >= 4 is 23.8 Å². The number of furan rings is 1. The molecule has 2 fully saturated rings. The molecule has 0 bridgehead atoms. The molecule has 20 heavy (non-hydrogen) atoms. The number of hydrogen-bond acceptors (Lipinski definition) is 4. The molecule has 7 heteroatoms. The van der Waals surface area contributed by atoms with Gasteiger partial charge in [0.1, 0.15) is 5.76 Å². The Morgan fingerprint density at radius 1 is 1.40 bits per heavy atom. The fourth-order valence-electron chi connectivity index (χ4n) is 2.49. The van der Waals surface area contributed by atoms with Crippen molar-refractivity contribution in [2.45, 2.75) is 11.7 Å². The number of thioether (sulfide) groups is 1. The summed E-state index contributed by atoms with van der Waals surface area (Å²) in [6.45, 7) is 2.33. The zero-order chi connectivity index (χ0) is 13.9. The summed E-state index contributed by atoms with van der Waals surface area (Å²) in [6.07, 6.45) is 2.53. The van der Waals surface area contributed by atoms with E-state index in [1.165, 1.54) is 4.90 Å². The van der Waals surface area contributed by atoms with Crippen LogP contribution in [0.5, 0.6) is 0 Å². The van der Waals surface area contributed by atoms with E-state index in [-0.39, 0.29) is 17.3 Å². The van der Waals surface area contributed by atoms with Crippen molar-refractivity contribution < 1.29 is 14.0 Å². The van der Waals surface area contributed by atoms with Crippen LogP contribution in [0.4, 0.5) is 9.59 Å². The van der Waals surface area contributed by atoms with Crippen LogP contribution in [0.3, 0.4) is 0 Å². The number of hydrogen-bond donors (Lipinski definition) is 1. The first kappa shape index (κ1) is 13.4. The van der Waals surface area contributed by atoms with E-state index in [9.17, 15) is 9.59 Å². The van der Waals surface area contributed by atoms with Gasteiger partial charge in [0.05, 0.1) is 11.5 Å². The molecule has 0 aliphatic carbocycles. The average Bonchev–Trinajstić information content (AvgIpc) is 3.05. The Labute approximate surface area is 121 Å². The highest BCUT2D eigenvalue weighted by Gasteiger charge is 2.31. The van der Waals surface area contributed by atoms with Gasteiger partial charge in [-0.05, 0) is 18.6 Å². The van der Waals surface area contributed by atoms with Crippen molar-refractivity contribution in [3.05, 3.63) is 24.2 Å². The maximum atomic E-state index is 12.3. The van der Waals surface area contributed by atoms with Crippen LogP contribution < -0.4 is 5.32 Å². The number of rotatable bonds is 1. The summed E-state index contributed by atoms with van der Waals surface area (Å²) in [7, 11) is 0. The highest BCUT2D eigenvalue weighted by Crippen LogP contribution is 2.34. The van der Waals surface area contributed by atoms with Gasteiger partial charge in [-0.1, -0.05) is 0 Å². The fraction of sp³-hybridized carbons (Fsp3) is 0.538. The van der Waals surface area contributed by atoms with Crippen molar-refractivity contribution in [3.8, 4) is 0 Å². The van der Waals surface area contributed by atoms with Crippen LogP contribution in [0.2, 0.25) is 0 Å². The zero-order valence-electron chi connectivity index (χ0n) is 11.1. The zero-order valence-corrected chi connectivity index (χ0v) is 11.9. The van der Waals surface area contributed by atoms with E-state index in [4.69, 9.17) is 4.42 Å². The third kappa shape index (κ3) is 2.63. The number of urea groups is 2. The summed E-state index contributed by atoms with van der Waals surface area (Å²) < 4.78 is 5.44. The van der Waals surface area contributed by atoms with E-state index in [0.29, 0.717) is 26.2 Å². The lowest BCUT2D eigenvalue weighted by molar-refractivity contribution is 0.166.